The van der Waals surface area contributed by atoms with Gasteiger partial charge in [-0.3, -0.25) is 9.69 Å². The minimum absolute atomic E-state index is 0. The molecule has 4 nitrogen and oxygen atoms in total. The lowest BCUT2D eigenvalue weighted by Gasteiger charge is -2.28. The zero-order valence-electron chi connectivity index (χ0n) is 13.5. The van der Waals surface area contributed by atoms with Crippen molar-refractivity contribution in [3.63, 3.8) is 0 Å². The Morgan fingerprint density at radius 3 is 2.73 bits per heavy atom. The van der Waals surface area contributed by atoms with Crippen molar-refractivity contribution in [2.75, 3.05) is 19.3 Å². The summed E-state index contributed by atoms with van der Waals surface area (Å²) in [5, 5.41) is 3.16. The first kappa shape index (κ1) is 21.0. The third-order valence-electron chi connectivity index (χ3n) is 4.09. The molecule has 0 spiro atoms. The molecule has 1 aromatic rings. The maximum atomic E-state index is 12.1. The van der Waals surface area contributed by atoms with Gasteiger partial charge >= 0.3 is 0 Å². The Morgan fingerprint density at radius 1 is 1.41 bits per heavy atom. The lowest BCUT2D eigenvalue weighted by atomic mass is 9.87. The second-order valence-electron chi connectivity index (χ2n) is 5.98. The summed E-state index contributed by atoms with van der Waals surface area (Å²) in [5.74, 6) is 0.0934. The Kier molecular flexibility index (Phi) is 8.83. The van der Waals surface area contributed by atoms with Gasteiger partial charge in [-0.25, -0.2) is 0 Å². The van der Waals surface area contributed by atoms with E-state index in [4.69, 9.17) is 5.73 Å². The molecule has 2 rings (SSSR count). The fourth-order valence-corrected chi connectivity index (χ4v) is 2.63. The van der Waals surface area contributed by atoms with Crippen LogP contribution in [0.25, 0.3) is 0 Å². The van der Waals surface area contributed by atoms with Crippen molar-refractivity contribution in [2.24, 2.45) is 0 Å². The van der Waals surface area contributed by atoms with Crippen LogP contribution >= 0.6 is 24.8 Å². The van der Waals surface area contributed by atoms with Crippen LogP contribution in [0.3, 0.4) is 0 Å². The lowest BCUT2D eigenvalue weighted by molar-refractivity contribution is -0.123. The number of halogens is 2. The maximum Gasteiger partial charge on any atom is 0.234 e. The van der Waals surface area contributed by atoms with Crippen LogP contribution in [0.1, 0.15) is 43.9 Å². The average molecular weight is 348 g/mol. The van der Waals surface area contributed by atoms with Crippen LogP contribution in [0, 0.1) is 0 Å². The number of anilines is 1. The number of nitrogens with one attached hydrogen (secondary N) is 1. The molecule has 0 heterocycles. The summed E-state index contributed by atoms with van der Waals surface area (Å²) in [6.07, 6.45) is 3.16. The monoisotopic (exact) mass is 347 g/mol. The molecule has 0 saturated heterocycles. The fourth-order valence-electron chi connectivity index (χ4n) is 2.63. The molecule has 0 fully saturated rings. The van der Waals surface area contributed by atoms with E-state index in [0.717, 1.165) is 24.9 Å². The summed E-state index contributed by atoms with van der Waals surface area (Å²) in [6.45, 7) is 4.62. The molecule has 0 aromatic heterocycles. The number of amides is 1. The number of nitrogen functional groups attached to an aromatic ring is 1. The first-order valence-electron chi connectivity index (χ1n) is 7.35. The van der Waals surface area contributed by atoms with Gasteiger partial charge in [0.1, 0.15) is 0 Å². The molecule has 1 aliphatic rings. The van der Waals surface area contributed by atoms with E-state index >= 15 is 0 Å². The van der Waals surface area contributed by atoms with Gasteiger partial charge in [-0.15, -0.1) is 24.8 Å². The summed E-state index contributed by atoms with van der Waals surface area (Å²) in [5.41, 5.74) is 9.14. The van der Waals surface area contributed by atoms with Crippen molar-refractivity contribution in [3.8, 4) is 0 Å². The normalized spacial score (nSPS) is 16.5. The van der Waals surface area contributed by atoms with Gasteiger partial charge in [-0.05, 0) is 63.4 Å². The summed E-state index contributed by atoms with van der Waals surface area (Å²) >= 11 is 0. The van der Waals surface area contributed by atoms with Crippen LogP contribution in [0.15, 0.2) is 18.2 Å². The number of nitrogens with zero attached hydrogens (tertiary/aromatic N) is 1. The predicted octanol–water partition coefficient (Wildman–Crippen LogP) is 2.95. The standard InChI is InChI=1S/C16H25N3O.2ClH/c1-11(2)19(3)10-16(20)18-15-6-4-5-12-9-13(17)7-8-14(12)15;;/h7-9,11,15H,4-6,10,17H2,1-3H3,(H,18,20);2*1H. The highest BCUT2D eigenvalue weighted by Crippen LogP contribution is 2.30. The first-order chi connectivity index (χ1) is 9.47. The Balaban J connectivity index is 0.00000220. The fraction of sp³-hybridized carbons (Fsp3) is 0.562. The zero-order valence-corrected chi connectivity index (χ0v) is 15.1. The highest BCUT2D eigenvalue weighted by molar-refractivity contribution is 5.85. The van der Waals surface area contributed by atoms with Gasteiger partial charge in [0, 0.05) is 11.7 Å². The van der Waals surface area contributed by atoms with E-state index in [2.05, 4.69) is 25.2 Å². The Morgan fingerprint density at radius 2 is 2.09 bits per heavy atom. The van der Waals surface area contributed by atoms with Crippen molar-refractivity contribution in [2.45, 2.75) is 45.2 Å². The maximum absolute atomic E-state index is 12.1. The van der Waals surface area contributed by atoms with E-state index in [1.807, 2.05) is 24.1 Å². The van der Waals surface area contributed by atoms with Gasteiger partial charge < -0.3 is 11.1 Å². The van der Waals surface area contributed by atoms with Crippen LogP contribution in [0.4, 0.5) is 5.69 Å². The van der Waals surface area contributed by atoms with Crippen LogP contribution in [0.5, 0.6) is 0 Å². The number of hydrogen-bond acceptors (Lipinski definition) is 3. The number of hydrogen-bond donors (Lipinski definition) is 2. The Labute approximate surface area is 145 Å². The van der Waals surface area contributed by atoms with E-state index in [-0.39, 0.29) is 36.8 Å². The van der Waals surface area contributed by atoms with Crippen LogP contribution in [0.2, 0.25) is 0 Å². The van der Waals surface area contributed by atoms with Gasteiger partial charge in [0.05, 0.1) is 12.6 Å². The predicted molar refractivity (Wildman–Crippen MR) is 96.9 cm³/mol. The number of rotatable bonds is 4. The Hall–Kier alpha value is -0.970. The number of carbonyl (C=O) groups excluding carboxylic acids is 1. The molecule has 1 unspecified atom stereocenters. The van der Waals surface area contributed by atoms with Crippen LogP contribution in [-0.4, -0.2) is 30.4 Å². The molecule has 1 atom stereocenters. The molecule has 126 valence electrons. The largest absolute Gasteiger partial charge is 0.399 e. The highest BCUT2D eigenvalue weighted by Gasteiger charge is 2.22. The molecule has 1 aromatic carbocycles. The number of carbonyl (C=O) groups is 1. The van der Waals surface area contributed by atoms with E-state index < -0.39 is 0 Å². The quantitative estimate of drug-likeness (QED) is 0.823. The molecule has 1 aliphatic carbocycles. The van der Waals surface area contributed by atoms with Gasteiger partial charge in [-0.2, -0.15) is 0 Å². The second kappa shape index (κ2) is 9.23. The molecule has 1 amide bonds. The third-order valence-corrected chi connectivity index (χ3v) is 4.09. The Bertz CT molecular complexity index is 494. The number of likely N-dealkylation sites (N-methyl/N-ethyl adjacent to an activating group) is 1. The highest BCUT2D eigenvalue weighted by atomic mass is 35.5. The van der Waals surface area contributed by atoms with Gasteiger partial charge in [0.25, 0.3) is 0 Å². The van der Waals surface area contributed by atoms with Crippen molar-refractivity contribution >= 4 is 36.4 Å². The SMILES string of the molecule is CC(C)N(C)CC(=O)NC1CCCc2cc(N)ccc21.Cl.Cl. The van der Waals surface area contributed by atoms with E-state index in [0.29, 0.717) is 12.6 Å². The molecule has 0 aliphatic heterocycles. The van der Waals surface area contributed by atoms with Crippen LogP contribution < -0.4 is 11.1 Å². The van der Waals surface area contributed by atoms with E-state index in [1.165, 1.54) is 11.1 Å². The molecule has 22 heavy (non-hydrogen) atoms. The second-order valence-corrected chi connectivity index (χ2v) is 5.98. The number of benzene rings is 1. The summed E-state index contributed by atoms with van der Waals surface area (Å²) < 4.78 is 0. The summed E-state index contributed by atoms with van der Waals surface area (Å²) in [4.78, 5) is 14.2. The third kappa shape index (κ3) is 5.34. The van der Waals surface area contributed by atoms with Gasteiger partial charge in [-0.1, -0.05) is 6.07 Å². The van der Waals surface area contributed by atoms with E-state index in [1.54, 1.807) is 0 Å². The topological polar surface area (TPSA) is 58.4 Å². The van der Waals surface area contributed by atoms with Crippen LogP contribution in [-0.2, 0) is 11.2 Å². The molecule has 0 saturated carbocycles. The zero-order chi connectivity index (χ0) is 14.7. The number of aryl methyl sites for hydroxylation is 1. The van der Waals surface area contributed by atoms with Crippen molar-refractivity contribution in [1.29, 1.82) is 0 Å². The lowest BCUT2D eigenvalue weighted by Crippen LogP contribution is -2.40. The van der Waals surface area contributed by atoms with Crippen molar-refractivity contribution in [3.05, 3.63) is 29.3 Å². The molecular formula is C16H27Cl2N3O. The summed E-state index contributed by atoms with van der Waals surface area (Å²) in [6, 6.07) is 6.52. The molecule has 6 heteroatoms. The van der Waals surface area contributed by atoms with Gasteiger partial charge in [0.2, 0.25) is 5.91 Å². The first-order valence-corrected chi connectivity index (χ1v) is 7.35. The van der Waals surface area contributed by atoms with Crippen molar-refractivity contribution < 1.29 is 4.79 Å². The summed E-state index contributed by atoms with van der Waals surface area (Å²) in [7, 11) is 1.97. The minimum Gasteiger partial charge on any atom is -0.399 e. The smallest absolute Gasteiger partial charge is 0.234 e. The number of fused-ring (bicyclic) bond motifs is 1. The van der Waals surface area contributed by atoms with E-state index in [9.17, 15) is 4.79 Å². The van der Waals surface area contributed by atoms with Gasteiger partial charge in [0.15, 0.2) is 0 Å². The number of nitrogens with two attached hydrogens (primary N) is 1. The molecule has 0 bridgehead atoms. The molecule has 3 N–H and O–H groups in total. The molecule has 0 radical (unpaired) electrons. The average Bonchev–Trinajstić information content (AvgIpc) is 2.38. The molecular weight excluding hydrogens is 321 g/mol. The minimum atomic E-state index is 0. The van der Waals surface area contributed by atoms with Crippen molar-refractivity contribution in [1.82, 2.24) is 10.2 Å².